The van der Waals surface area contributed by atoms with Gasteiger partial charge in [0.05, 0.1) is 24.5 Å². The molecule has 0 bridgehead atoms. The summed E-state index contributed by atoms with van der Waals surface area (Å²) in [6, 6.07) is 9.49. The summed E-state index contributed by atoms with van der Waals surface area (Å²) >= 11 is 0. The van der Waals surface area contributed by atoms with Gasteiger partial charge in [0, 0.05) is 17.5 Å². The molecule has 6 rings (SSSR count). The van der Waals surface area contributed by atoms with Crippen molar-refractivity contribution in [2.75, 3.05) is 18.1 Å². The first-order valence-electron chi connectivity index (χ1n) is 10.5. The Morgan fingerprint density at radius 2 is 1.94 bits per heavy atom. The molecule has 1 aliphatic rings. The summed E-state index contributed by atoms with van der Waals surface area (Å²) in [5, 5.41) is 10.6. The third-order valence-corrected chi connectivity index (χ3v) is 5.22. The lowest BCUT2D eigenvalue weighted by Crippen LogP contribution is -2.24. The molecular weight excluding hydrogens is 458 g/mol. The van der Waals surface area contributed by atoms with Crippen LogP contribution in [-0.2, 0) is 4.74 Å². The van der Waals surface area contributed by atoms with Gasteiger partial charge in [-0.2, -0.15) is 10.2 Å². The maximum absolute atomic E-state index is 14.6. The lowest BCUT2D eigenvalue weighted by molar-refractivity contribution is 0.181. The third kappa shape index (κ3) is 4.53. The largest absolute Gasteiger partial charge is 0.447 e. The molecule has 1 aliphatic heterocycles. The van der Waals surface area contributed by atoms with Gasteiger partial charge in [0.25, 0.3) is 0 Å². The first-order chi connectivity index (χ1) is 17.0. The van der Waals surface area contributed by atoms with Crippen LogP contribution < -0.4 is 4.90 Å². The summed E-state index contributed by atoms with van der Waals surface area (Å²) in [6.45, 7) is 2.58. The number of nitrogens with one attached hydrogen (secondary N) is 1. The van der Waals surface area contributed by atoms with Crippen molar-refractivity contribution >= 4 is 17.6 Å². The number of aromatic amines is 1. The van der Waals surface area contributed by atoms with Crippen LogP contribution in [0.25, 0.3) is 28.2 Å². The summed E-state index contributed by atoms with van der Waals surface area (Å²) in [7, 11) is 0. The number of hydrogen-bond acceptors (Lipinski definition) is 7. The first-order valence-corrected chi connectivity index (χ1v) is 10.5. The number of nitrogens with zero attached hydrogens (tertiary/aromatic N) is 7. The molecule has 12 heteroatoms. The van der Waals surface area contributed by atoms with Crippen LogP contribution in [0.4, 0.5) is 19.4 Å². The van der Waals surface area contributed by atoms with Gasteiger partial charge < -0.3 is 4.74 Å². The van der Waals surface area contributed by atoms with Crippen LogP contribution >= 0.6 is 0 Å². The topological polar surface area (TPSA) is 114 Å². The molecule has 1 fully saturated rings. The minimum absolute atomic E-state index is 0.282. The Labute approximate surface area is 197 Å². The Morgan fingerprint density at radius 1 is 1.06 bits per heavy atom. The van der Waals surface area contributed by atoms with Crippen molar-refractivity contribution < 1.29 is 18.3 Å². The molecule has 1 N–H and O–H groups in total. The molecule has 10 nitrogen and oxygen atoms in total. The van der Waals surface area contributed by atoms with Crippen LogP contribution in [0.1, 0.15) is 5.69 Å². The highest BCUT2D eigenvalue weighted by Gasteiger charge is 2.25. The number of fused-ring (bicyclic) bond motifs is 1. The summed E-state index contributed by atoms with van der Waals surface area (Å²) in [5.41, 5.74) is 2.93. The SMILES string of the molecule is Cc1ccc(F)cn1.O=C1OCCN1c1ccn2ncc(-c3ccc(-c4ncn[nH]4)c(F)c3)c2n1. The number of carbonyl (C=O) groups is 1. The number of benzene rings is 1. The zero-order valence-electron chi connectivity index (χ0n) is 18.4. The molecule has 4 aromatic heterocycles. The van der Waals surface area contributed by atoms with Crippen molar-refractivity contribution in [2.45, 2.75) is 6.92 Å². The fraction of sp³-hybridized carbons (Fsp3) is 0.130. The maximum atomic E-state index is 14.6. The van der Waals surface area contributed by atoms with Crippen LogP contribution in [0, 0.1) is 18.6 Å². The minimum Gasteiger partial charge on any atom is -0.447 e. The van der Waals surface area contributed by atoms with Crippen molar-refractivity contribution in [1.82, 2.24) is 34.8 Å². The zero-order chi connectivity index (χ0) is 24.4. The number of rotatable bonds is 3. The molecule has 0 atom stereocenters. The summed E-state index contributed by atoms with van der Waals surface area (Å²) in [4.78, 5) is 25.4. The smallest absolute Gasteiger partial charge is 0.415 e. The number of hydrogen-bond donors (Lipinski definition) is 1. The second-order valence-corrected chi connectivity index (χ2v) is 7.52. The lowest BCUT2D eigenvalue weighted by atomic mass is 10.1. The fourth-order valence-electron chi connectivity index (χ4n) is 3.47. The number of H-pyrrole nitrogens is 1. The average Bonchev–Trinajstić information content (AvgIpc) is 3.62. The molecule has 1 saturated heterocycles. The quantitative estimate of drug-likeness (QED) is 0.421. The second kappa shape index (κ2) is 9.25. The average molecular weight is 476 g/mol. The van der Waals surface area contributed by atoms with E-state index in [1.165, 1.54) is 29.6 Å². The number of aromatic nitrogens is 7. The van der Waals surface area contributed by atoms with Gasteiger partial charge in [-0.1, -0.05) is 6.07 Å². The van der Waals surface area contributed by atoms with Gasteiger partial charge in [0.15, 0.2) is 11.5 Å². The molecule has 1 aromatic carbocycles. The Bertz CT molecular complexity index is 1460. The van der Waals surface area contributed by atoms with Crippen molar-refractivity contribution in [1.29, 1.82) is 0 Å². The van der Waals surface area contributed by atoms with Crippen LogP contribution in [-0.4, -0.2) is 54.0 Å². The molecular formula is C23H18F2N8O2. The van der Waals surface area contributed by atoms with Gasteiger partial charge in [0.1, 0.15) is 30.4 Å². The Kier molecular flexibility index (Phi) is 5.83. The van der Waals surface area contributed by atoms with Gasteiger partial charge in [-0.3, -0.25) is 15.0 Å². The number of pyridine rings is 1. The van der Waals surface area contributed by atoms with Gasteiger partial charge in [-0.05, 0) is 42.8 Å². The Balaban J connectivity index is 0.000000271. The van der Waals surface area contributed by atoms with Gasteiger partial charge in [0.2, 0.25) is 0 Å². The second-order valence-electron chi connectivity index (χ2n) is 7.52. The number of ether oxygens (including phenoxy) is 1. The van der Waals surface area contributed by atoms with E-state index < -0.39 is 11.9 Å². The van der Waals surface area contributed by atoms with Gasteiger partial charge in [-0.15, -0.1) is 0 Å². The molecule has 0 saturated carbocycles. The van der Waals surface area contributed by atoms with Gasteiger partial charge in [-0.25, -0.2) is 28.1 Å². The van der Waals surface area contributed by atoms with Crippen LogP contribution in [0.3, 0.4) is 0 Å². The molecule has 0 unspecified atom stereocenters. The van der Waals surface area contributed by atoms with Gasteiger partial charge >= 0.3 is 6.09 Å². The zero-order valence-corrected chi connectivity index (χ0v) is 18.4. The Morgan fingerprint density at radius 3 is 2.60 bits per heavy atom. The van der Waals surface area contributed by atoms with Crippen LogP contribution in [0.2, 0.25) is 0 Å². The predicted octanol–water partition coefficient (Wildman–Crippen LogP) is 3.81. The highest BCUT2D eigenvalue weighted by Crippen LogP contribution is 2.29. The molecule has 5 aromatic rings. The molecule has 5 heterocycles. The van der Waals surface area contributed by atoms with Crippen molar-refractivity contribution in [2.24, 2.45) is 0 Å². The molecule has 0 aliphatic carbocycles. The summed E-state index contributed by atoms with van der Waals surface area (Å²) < 4.78 is 33.1. The highest BCUT2D eigenvalue weighted by atomic mass is 19.1. The van der Waals surface area contributed by atoms with Crippen LogP contribution in [0.5, 0.6) is 0 Å². The van der Waals surface area contributed by atoms with E-state index in [4.69, 9.17) is 4.74 Å². The minimum atomic E-state index is -0.442. The molecule has 1 amide bonds. The molecule has 0 spiro atoms. The highest BCUT2D eigenvalue weighted by molar-refractivity contribution is 5.89. The predicted molar refractivity (Wildman–Crippen MR) is 121 cm³/mol. The molecule has 35 heavy (non-hydrogen) atoms. The Hall–Kier alpha value is -4.74. The van der Waals surface area contributed by atoms with E-state index in [0.717, 1.165) is 5.69 Å². The third-order valence-electron chi connectivity index (χ3n) is 5.22. The van der Waals surface area contributed by atoms with E-state index in [9.17, 15) is 13.6 Å². The number of aryl methyl sites for hydroxylation is 1. The number of carbonyl (C=O) groups excluding carboxylic acids is 1. The van der Waals surface area contributed by atoms with Crippen molar-refractivity contribution in [3.63, 3.8) is 0 Å². The van der Waals surface area contributed by atoms with E-state index in [-0.39, 0.29) is 5.82 Å². The number of anilines is 1. The van der Waals surface area contributed by atoms with Crippen LogP contribution in [0.15, 0.2) is 61.3 Å². The standard InChI is InChI=1S/C17H12FN7O2.C6H6FN/c18-13-7-10(1-2-11(13)15-19-9-20-23-15)12-8-21-25-4-3-14(22-16(12)25)24-5-6-27-17(24)26;1-5-2-3-6(7)4-8-5/h1-4,7-9H,5-6H2,(H,19,20,23);2-4H,1H3. The maximum Gasteiger partial charge on any atom is 0.415 e. The normalized spacial score (nSPS) is 13.0. The number of halogens is 2. The lowest BCUT2D eigenvalue weighted by Gasteiger charge is -2.11. The molecule has 0 radical (unpaired) electrons. The van der Waals surface area contributed by atoms with E-state index in [0.29, 0.717) is 47.1 Å². The number of cyclic esters (lactones) is 1. The first kappa shape index (κ1) is 22.1. The van der Waals surface area contributed by atoms with E-state index in [2.05, 4.69) is 30.2 Å². The van der Waals surface area contributed by atoms with E-state index >= 15 is 0 Å². The summed E-state index contributed by atoms with van der Waals surface area (Å²) in [5.74, 6) is 0.0934. The van der Waals surface area contributed by atoms with E-state index in [1.807, 2.05) is 6.92 Å². The molecule has 176 valence electrons. The summed E-state index contributed by atoms with van der Waals surface area (Å²) in [6.07, 6.45) is 5.40. The number of amides is 1. The van der Waals surface area contributed by atoms with Crippen molar-refractivity contribution in [3.05, 3.63) is 78.6 Å². The fourth-order valence-corrected chi connectivity index (χ4v) is 3.47. The van der Waals surface area contributed by atoms with E-state index in [1.54, 1.807) is 41.2 Å². The van der Waals surface area contributed by atoms with Crippen molar-refractivity contribution in [3.8, 4) is 22.5 Å². The monoisotopic (exact) mass is 476 g/mol.